The number of aryl methyl sites for hydroxylation is 1. The fourth-order valence-corrected chi connectivity index (χ4v) is 4.26. The van der Waals surface area contributed by atoms with E-state index in [1.807, 2.05) is 17.0 Å². The van der Waals surface area contributed by atoms with E-state index in [1.165, 1.54) is 23.4 Å². The number of nitrogens with zero attached hydrogens (tertiary/aromatic N) is 3. The molecule has 1 aromatic heterocycles. The molecular formula is C21H23F2N3O2. The van der Waals surface area contributed by atoms with E-state index in [-0.39, 0.29) is 23.7 Å². The molecule has 0 N–H and O–H groups in total. The molecule has 2 aliphatic rings. The molecule has 2 atom stereocenters. The topological polar surface area (TPSA) is 45.7 Å². The number of likely N-dealkylation sites (N-methyl/N-ethyl adjacent to an activating group) is 1. The standard InChI is InChI=1S/C21H23F2N3O2/c1-13-3-4-17-15(9-13)16-11-25(2)8-6-18(16)26(17)21(27)14-5-7-24-20(10-14)28-12-19(22)23/h3-5,7,9-10,16,18-19H,6,8,11-12H2,1-2H3/t16-,18+/m1/s1. The summed E-state index contributed by atoms with van der Waals surface area (Å²) in [7, 11) is 2.10. The Morgan fingerprint density at radius 3 is 2.93 bits per heavy atom. The van der Waals surface area contributed by atoms with Crippen LogP contribution in [0.25, 0.3) is 0 Å². The third-order valence-electron chi connectivity index (χ3n) is 5.51. The maximum absolute atomic E-state index is 13.4. The lowest BCUT2D eigenvalue weighted by molar-refractivity contribution is 0.0795. The molecule has 5 nitrogen and oxygen atoms in total. The number of ether oxygens (including phenoxy) is 1. The predicted molar refractivity (Wildman–Crippen MR) is 102 cm³/mol. The van der Waals surface area contributed by atoms with Crippen LogP contribution in [0.5, 0.6) is 5.88 Å². The van der Waals surface area contributed by atoms with E-state index in [4.69, 9.17) is 4.74 Å². The van der Waals surface area contributed by atoms with Gasteiger partial charge in [-0.15, -0.1) is 0 Å². The summed E-state index contributed by atoms with van der Waals surface area (Å²) in [6, 6.07) is 9.34. The summed E-state index contributed by atoms with van der Waals surface area (Å²) in [6.07, 6.45) is -0.276. The number of aromatic nitrogens is 1. The first-order valence-electron chi connectivity index (χ1n) is 9.43. The first-order chi connectivity index (χ1) is 13.4. The minimum atomic E-state index is -2.59. The van der Waals surface area contributed by atoms with Crippen molar-refractivity contribution in [2.75, 3.05) is 31.6 Å². The van der Waals surface area contributed by atoms with Crippen LogP contribution in [0.4, 0.5) is 14.5 Å². The highest BCUT2D eigenvalue weighted by Crippen LogP contribution is 2.45. The van der Waals surface area contributed by atoms with Crippen LogP contribution in [-0.4, -0.2) is 55.0 Å². The van der Waals surface area contributed by atoms with E-state index in [0.717, 1.165) is 25.2 Å². The van der Waals surface area contributed by atoms with Gasteiger partial charge in [0, 0.05) is 42.0 Å². The summed E-state index contributed by atoms with van der Waals surface area (Å²) in [5, 5.41) is 0. The van der Waals surface area contributed by atoms with Crippen molar-refractivity contribution < 1.29 is 18.3 Å². The number of halogens is 2. The van der Waals surface area contributed by atoms with Gasteiger partial charge in [0.2, 0.25) is 5.88 Å². The van der Waals surface area contributed by atoms with Crippen LogP contribution in [-0.2, 0) is 0 Å². The number of likely N-dealkylation sites (tertiary alicyclic amines) is 1. The molecule has 0 spiro atoms. The van der Waals surface area contributed by atoms with Crippen molar-refractivity contribution >= 4 is 11.6 Å². The molecule has 2 aliphatic heterocycles. The fourth-order valence-electron chi connectivity index (χ4n) is 4.26. The highest BCUT2D eigenvalue weighted by Gasteiger charge is 2.44. The van der Waals surface area contributed by atoms with Gasteiger partial charge in [0.05, 0.1) is 0 Å². The summed E-state index contributed by atoms with van der Waals surface area (Å²) in [5.41, 5.74) is 3.71. The molecule has 28 heavy (non-hydrogen) atoms. The Hall–Kier alpha value is -2.54. The van der Waals surface area contributed by atoms with E-state index >= 15 is 0 Å². The van der Waals surface area contributed by atoms with Crippen molar-refractivity contribution in [1.82, 2.24) is 9.88 Å². The molecule has 3 heterocycles. The van der Waals surface area contributed by atoms with Gasteiger partial charge in [-0.1, -0.05) is 17.7 Å². The number of hydrogen-bond donors (Lipinski definition) is 0. The Morgan fingerprint density at radius 1 is 1.32 bits per heavy atom. The number of pyridine rings is 1. The third-order valence-corrected chi connectivity index (χ3v) is 5.51. The highest BCUT2D eigenvalue weighted by atomic mass is 19.3. The van der Waals surface area contributed by atoms with E-state index in [0.29, 0.717) is 5.56 Å². The van der Waals surface area contributed by atoms with Gasteiger partial charge in [-0.2, -0.15) is 0 Å². The fraction of sp³-hybridized carbons (Fsp3) is 0.429. The minimum Gasteiger partial charge on any atom is -0.472 e. The summed E-state index contributed by atoms with van der Waals surface area (Å²) >= 11 is 0. The maximum atomic E-state index is 13.4. The van der Waals surface area contributed by atoms with Crippen LogP contribution < -0.4 is 9.64 Å². The Labute approximate surface area is 162 Å². The summed E-state index contributed by atoms with van der Waals surface area (Å²) in [5.74, 6) is 0.162. The zero-order valence-electron chi connectivity index (χ0n) is 15.9. The van der Waals surface area contributed by atoms with Gasteiger partial charge < -0.3 is 14.5 Å². The minimum absolute atomic E-state index is 0.0365. The summed E-state index contributed by atoms with van der Waals surface area (Å²) in [6.45, 7) is 3.15. The predicted octanol–water partition coefficient (Wildman–Crippen LogP) is 3.48. The van der Waals surface area contributed by atoms with Crippen LogP contribution in [0.1, 0.15) is 33.8 Å². The summed E-state index contributed by atoms with van der Waals surface area (Å²) in [4.78, 5) is 21.5. The number of carbonyl (C=O) groups is 1. The molecule has 148 valence electrons. The molecule has 1 aromatic carbocycles. The number of benzene rings is 1. The number of amides is 1. The second-order valence-electron chi connectivity index (χ2n) is 7.55. The van der Waals surface area contributed by atoms with Crippen LogP contribution in [0.3, 0.4) is 0 Å². The lowest BCUT2D eigenvalue weighted by atomic mass is 9.89. The monoisotopic (exact) mass is 387 g/mol. The van der Waals surface area contributed by atoms with Crippen LogP contribution in [0, 0.1) is 6.92 Å². The largest absolute Gasteiger partial charge is 0.472 e. The Kier molecular flexibility index (Phi) is 5.02. The highest BCUT2D eigenvalue weighted by molar-refractivity contribution is 6.08. The van der Waals surface area contributed by atoms with Gasteiger partial charge >= 0.3 is 0 Å². The van der Waals surface area contributed by atoms with Crippen molar-refractivity contribution in [2.24, 2.45) is 0 Å². The quantitative estimate of drug-likeness (QED) is 0.806. The number of fused-ring (bicyclic) bond motifs is 3. The van der Waals surface area contributed by atoms with E-state index in [9.17, 15) is 13.6 Å². The van der Waals surface area contributed by atoms with Crippen LogP contribution in [0.15, 0.2) is 36.5 Å². The lowest BCUT2D eigenvalue weighted by Crippen LogP contribution is -2.47. The first-order valence-corrected chi connectivity index (χ1v) is 9.43. The van der Waals surface area contributed by atoms with Crippen molar-refractivity contribution in [3.05, 3.63) is 53.2 Å². The molecule has 1 saturated heterocycles. The number of rotatable bonds is 4. The average Bonchev–Trinajstić information content (AvgIpc) is 2.99. The first kappa shape index (κ1) is 18.8. The number of anilines is 1. The lowest BCUT2D eigenvalue weighted by Gasteiger charge is -2.36. The van der Waals surface area contributed by atoms with Crippen molar-refractivity contribution in [3.63, 3.8) is 0 Å². The molecular weight excluding hydrogens is 364 g/mol. The molecule has 0 bridgehead atoms. The Morgan fingerprint density at radius 2 is 2.14 bits per heavy atom. The molecule has 0 radical (unpaired) electrons. The normalized spacial score (nSPS) is 21.5. The number of piperidine rings is 1. The summed E-state index contributed by atoms with van der Waals surface area (Å²) < 4.78 is 29.8. The van der Waals surface area contributed by atoms with E-state index in [1.54, 1.807) is 6.07 Å². The molecule has 2 aromatic rings. The Bertz CT molecular complexity index is 890. The molecule has 1 fully saturated rings. The molecule has 0 unspecified atom stereocenters. The SMILES string of the molecule is Cc1ccc2c(c1)[C@H]1CN(C)CC[C@@H]1N2C(=O)c1ccnc(OCC(F)F)c1. The van der Waals surface area contributed by atoms with Crippen molar-refractivity contribution in [3.8, 4) is 5.88 Å². The Balaban J connectivity index is 1.66. The van der Waals surface area contributed by atoms with Gasteiger partial charge in [0.25, 0.3) is 12.3 Å². The molecule has 1 amide bonds. The molecule has 4 rings (SSSR count). The van der Waals surface area contributed by atoms with Crippen LogP contribution in [0.2, 0.25) is 0 Å². The number of carbonyl (C=O) groups excluding carboxylic acids is 1. The van der Waals surface area contributed by atoms with Gasteiger partial charge in [0.1, 0.15) is 0 Å². The van der Waals surface area contributed by atoms with E-state index < -0.39 is 13.0 Å². The van der Waals surface area contributed by atoms with Gasteiger partial charge in [-0.05, 0) is 44.6 Å². The smallest absolute Gasteiger partial charge is 0.272 e. The second kappa shape index (κ2) is 7.47. The molecule has 0 aliphatic carbocycles. The van der Waals surface area contributed by atoms with Crippen molar-refractivity contribution in [1.29, 1.82) is 0 Å². The second-order valence-corrected chi connectivity index (χ2v) is 7.55. The number of hydrogen-bond acceptors (Lipinski definition) is 4. The molecule has 0 saturated carbocycles. The molecule has 7 heteroatoms. The van der Waals surface area contributed by atoms with Gasteiger partial charge in [0.15, 0.2) is 6.61 Å². The van der Waals surface area contributed by atoms with Gasteiger partial charge in [-0.25, -0.2) is 13.8 Å². The van der Waals surface area contributed by atoms with Crippen molar-refractivity contribution in [2.45, 2.75) is 31.7 Å². The number of alkyl halides is 2. The third kappa shape index (κ3) is 3.46. The van der Waals surface area contributed by atoms with Crippen LogP contribution >= 0.6 is 0 Å². The van der Waals surface area contributed by atoms with Gasteiger partial charge in [-0.3, -0.25) is 4.79 Å². The van der Waals surface area contributed by atoms with E-state index in [2.05, 4.69) is 29.9 Å². The average molecular weight is 387 g/mol. The zero-order chi connectivity index (χ0) is 19.8. The maximum Gasteiger partial charge on any atom is 0.272 e. The zero-order valence-corrected chi connectivity index (χ0v) is 15.9.